The van der Waals surface area contributed by atoms with E-state index in [2.05, 4.69) is 18.7 Å². The van der Waals surface area contributed by atoms with Gasteiger partial charge >= 0.3 is 0 Å². The highest BCUT2D eigenvalue weighted by molar-refractivity contribution is 5.83. The second-order valence-corrected chi connectivity index (χ2v) is 9.26. The quantitative estimate of drug-likeness (QED) is 0.708. The number of hydrogen-bond donors (Lipinski definition) is 0. The molecule has 0 aromatic heterocycles. The third-order valence-corrected chi connectivity index (χ3v) is 6.72. The summed E-state index contributed by atoms with van der Waals surface area (Å²) in [5, 5.41) is 0. The minimum atomic E-state index is 0.0280. The molecule has 4 aliphatic carbocycles. The Hall–Kier alpha value is -0.530. The zero-order valence-electron chi connectivity index (χ0n) is 13.2. The van der Waals surface area contributed by atoms with Crippen LogP contribution in [0.5, 0.6) is 0 Å². The van der Waals surface area contributed by atoms with E-state index in [0.29, 0.717) is 16.7 Å². The summed E-state index contributed by atoms with van der Waals surface area (Å²) in [6.45, 7) is 6.99. The van der Waals surface area contributed by atoms with E-state index >= 15 is 0 Å². The Bertz CT molecular complexity index is 419. The monoisotopic (exact) mass is 275 g/mol. The van der Waals surface area contributed by atoms with Crippen LogP contribution in [0.1, 0.15) is 71.6 Å². The molecule has 4 saturated carbocycles. The topological polar surface area (TPSA) is 20.3 Å². The van der Waals surface area contributed by atoms with E-state index in [9.17, 15) is 4.79 Å². The molecule has 0 aromatic carbocycles. The maximum Gasteiger partial charge on any atom is 0.228 e. The van der Waals surface area contributed by atoms with Gasteiger partial charge in [-0.05, 0) is 74.5 Å². The normalized spacial score (nSPS) is 50.5. The lowest BCUT2D eigenvalue weighted by molar-refractivity contribution is -0.180. The van der Waals surface area contributed by atoms with Crippen LogP contribution in [0.25, 0.3) is 0 Å². The van der Waals surface area contributed by atoms with Crippen LogP contribution in [0.15, 0.2) is 0 Å². The van der Waals surface area contributed by atoms with E-state index in [0.717, 1.165) is 19.0 Å². The van der Waals surface area contributed by atoms with Crippen molar-refractivity contribution in [3.8, 4) is 0 Å². The summed E-state index contributed by atoms with van der Waals surface area (Å²) < 4.78 is 0. The molecule has 2 atom stereocenters. The fourth-order valence-electron chi connectivity index (χ4n) is 7.12. The Kier molecular flexibility index (Phi) is 2.64. The first kappa shape index (κ1) is 13.2. The van der Waals surface area contributed by atoms with E-state index in [1.807, 2.05) is 0 Å². The molecule has 0 spiro atoms. The summed E-state index contributed by atoms with van der Waals surface area (Å²) in [4.78, 5) is 15.5. The molecule has 5 rings (SSSR count). The van der Waals surface area contributed by atoms with Gasteiger partial charge in [0.2, 0.25) is 5.91 Å². The largest absolute Gasteiger partial charge is 0.342 e. The van der Waals surface area contributed by atoms with Crippen molar-refractivity contribution in [2.75, 3.05) is 13.1 Å². The van der Waals surface area contributed by atoms with Gasteiger partial charge in [0.25, 0.3) is 0 Å². The van der Waals surface area contributed by atoms with Crippen molar-refractivity contribution in [3.05, 3.63) is 0 Å². The molecular weight excluding hydrogens is 246 g/mol. The number of nitrogens with zero attached hydrogens (tertiary/aromatic N) is 1. The zero-order chi connectivity index (χ0) is 14.0. The van der Waals surface area contributed by atoms with Gasteiger partial charge in [0, 0.05) is 13.1 Å². The maximum atomic E-state index is 13.3. The second kappa shape index (κ2) is 4.01. The van der Waals surface area contributed by atoms with Gasteiger partial charge in [-0.2, -0.15) is 0 Å². The summed E-state index contributed by atoms with van der Waals surface area (Å²) in [7, 11) is 0. The van der Waals surface area contributed by atoms with Crippen LogP contribution in [0, 0.1) is 22.2 Å². The zero-order valence-corrected chi connectivity index (χ0v) is 13.2. The average Bonchev–Trinajstić information content (AvgIpc) is 2.34. The molecule has 1 amide bonds. The van der Waals surface area contributed by atoms with Gasteiger partial charge in [-0.1, -0.05) is 13.8 Å². The lowest BCUT2D eigenvalue weighted by atomic mass is 9.40. The molecule has 4 bridgehead atoms. The standard InChI is InChI=1S/C18H29NO/c1-16-8-14-9-17(2,11-16)13-18(10-14,12-16)15(20)19-6-4-3-5-7-19/h14H,3-13H2,1-2H3/t14?,16-,17-,18?/m0/s1. The third kappa shape index (κ3) is 1.86. The first-order chi connectivity index (χ1) is 9.42. The van der Waals surface area contributed by atoms with Crippen molar-refractivity contribution in [3.63, 3.8) is 0 Å². The van der Waals surface area contributed by atoms with Crippen molar-refractivity contribution in [2.45, 2.75) is 71.6 Å². The van der Waals surface area contributed by atoms with E-state index < -0.39 is 0 Å². The molecule has 2 heteroatoms. The Morgan fingerprint density at radius 2 is 1.50 bits per heavy atom. The molecule has 5 fully saturated rings. The van der Waals surface area contributed by atoms with Crippen LogP contribution in [0.3, 0.4) is 0 Å². The van der Waals surface area contributed by atoms with E-state index in [-0.39, 0.29) is 5.41 Å². The van der Waals surface area contributed by atoms with E-state index in [4.69, 9.17) is 0 Å². The summed E-state index contributed by atoms with van der Waals surface area (Å²) in [6, 6.07) is 0. The van der Waals surface area contributed by atoms with Crippen LogP contribution in [-0.4, -0.2) is 23.9 Å². The number of hydrogen-bond acceptors (Lipinski definition) is 1. The predicted octanol–water partition coefficient (Wildman–Crippen LogP) is 4.00. The SMILES string of the molecule is C[C@@]12CC3CC(C(=O)N4CCCCC4)(C1)C[C@@](C)(C3)C2. The molecule has 0 aromatic rings. The Morgan fingerprint density at radius 1 is 0.900 bits per heavy atom. The first-order valence-corrected chi connectivity index (χ1v) is 8.72. The molecule has 1 heterocycles. The van der Waals surface area contributed by atoms with Crippen molar-refractivity contribution in [2.24, 2.45) is 22.2 Å². The Morgan fingerprint density at radius 3 is 2.05 bits per heavy atom. The molecule has 1 aliphatic heterocycles. The Balaban J connectivity index is 1.64. The summed E-state index contributed by atoms with van der Waals surface area (Å²) in [5.41, 5.74) is 0.944. The lowest BCUT2D eigenvalue weighted by Crippen LogP contribution is -2.60. The van der Waals surface area contributed by atoms with Crippen LogP contribution in [0.2, 0.25) is 0 Å². The summed E-state index contributed by atoms with van der Waals surface area (Å²) in [6.07, 6.45) is 11.5. The molecule has 112 valence electrons. The van der Waals surface area contributed by atoms with Gasteiger partial charge in [-0.25, -0.2) is 0 Å². The highest BCUT2D eigenvalue weighted by Gasteiger charge is 2.63. The number of carbonyl (C=O) groups is 1. The van der Waals surface area contributed by atoms with Crippen molar-refractivity contribution in [1.29, 1.82) is 0 Å². The van der Waals surface area contributed by atoms with Crippen molar-refractivity contribution >= 4 is 5.91 Å². The second-order valence-electron chi connectivity index (χ2n) is 9.26. The third-order valence-electron chi connectivity index (χ3n) is 6.72. The van der Waals surface area contributed by atoms with Crippen molar-refractivity contribution in [1.82, 2.24) is 4.90 Å². The fourth-order valence-corrected chi connectivity index (χ4v) is 7.12. The van der Waals surface area contributed by atoms with Crippen LogP contribution in [-0.2, 0) is 4.79 Å². The van der Waals surface area contributed by atoms with Gasteiger partial charge in [0.05, 0.1) is 5.41 Å². The van der Waals surface area contributed by atoms with E-state index in [1.165, 1.54) is 57.8 Å². The molecule has 2 nitrogen and oxygen atoms in total. The number of rotatable bonds is 1. The van der Waals surface area contributed by atoms with E-state index in [1.54, 1.807) is 0 Å². The average molecular weight is 275 g/mol. The Labute approximate surface area is 123 Å². The van der Waals surface area contributed by atoms with Crippen LogP contribution >= 0.6 is 0 Å². The molecule has 0 radical (unpaired) electrons. The van der Waals surface area contributed by atoms with Gasteiger partial charge in [0.15, 0.2) is 0 Å². The fraction of sp³-hybridized carbons (Fsp3) is 0.944. The predicted molar refractivity (Wildman–Crippen MR) is 80.3 cm³/mol. The van der Waals surface area contributed by atoms with Gasteiger partial charge in [-0.3, -0.25) is 4.79 Å². The highest BCUT2D eigenvalue weighted by Crippen LogP contribution is 2.69. The molecule has 5 aliphatic rings. The van der Waals surface area contributed by atoms with Gasteiger partial charge < -0.3 is 4.90 Å². The number of carbonyl (C=O) groups excluding carboxylic acids is 1. The molecule has 0 unspecified atom stereocenters. The minimum absolute atomic E-state index is 0.0280. The highest BCUT2D eigenvalue weighted by atomic mass is 16.2. The molecule has 0 N–H and O–H groups in total. The lowest BCUT2D eigenvalue weighted by Gasteiger charge is -2.65. The smallest absolute Gasteiger partial charge is 0.228 e. The van der Waals surface area contributed by atoms with Gasteiger partial charge in [0.1, 0.15) is 0 Å². The van der Waals surface area contributed by atoms with Gasteiger partial charge in [-0.15, -0.1) is 0 Å². The summed E-state index contributed by atoms with van der Waals surface area (Å²) >= 11 is 0. The number of piperidine rings is 1. The van der Waals surface area contributed by atoms with Crippen LogP contribution < -0.4 is 0 Å². The summed E-state index contributed by atoms with van der Waals surface area (Å²) in [5.74, 6) is 1.37. The molecular formula is C18H29NO. The molecule has 20 heavy (non-hydrogen) atoms. The van der Waals surface area contributed by atoms with Crippen LogP contribution in [0.4, 0.5) is 0 Å². The number of likely N-dealkylation sites (tertiary alicyclic amines) is 1. The first-order valence-electron chi connectivity index (χ1n) is 8.72. The molecule has 1 saturated heterocycles. The maximum absolute atomic E-state index is 13.3. The minimum Gasteiger partial charge on any atom is -0.342 e. The number of amides is 1. The van der Waals surface area contributed by atoms with Crippen molar-refractivity contribution < 1.29 is 4.79 Å².